The van der Waals surface area contributed by atoms with Gasteiger partial charge in [-0.3, -0.25) is 9.69 Å². The molecular weight excluding hydrogens is 364 g/mol. The number of ether oxygens (including phenoxy) is 1. The van der Waals surface area contributed by atoms with E-state index < -0.39 is 6.10 Å². The number of hydrogen-bond acceptors (Lipinski definition) is 5. The number of carbonyl (C=O) groups is 1. The number of aromatic nitrogens is 1. The molecule has 1 aromatic heterocycles. The Kier molecular flexibility index (Phi) is 5.28. The maximum atomic E-state index is 12.6. The number of piperidine rings is 3. The standard InChI is InChI=1S/C24H28N2O3/c1-5-15-13-26-9-8-16(15)10-22(26)24(28)19-12-21(23(27)14(2)3)25-20-7-6-17(29-4)11-18(19)20/h5-7,11-12,15-16,22,24,28H,1-2,8-10,13H2,3-4H3/t15-,16-,22+,24-/m0/s1. The van der Waals surface area contributed by atoms with Gasteiger partial charge in [-0.2, -0.15) is 0 Å². The van der Waals surface area contributed by atoms with Crippen LogP contribution in [0.3, 0.4) is 0 Å². The zero-order chi connectivity index (χ0) is 20.7. The monoisotopic (exact) mass is 392 g/mol. The van der Waals surface area contributed by atoms with Gasteiger partial charge in [-0.25, -0.2) is 4.98 Å². The van der Waals surface area contributed by atoms with Crippen LogP contribution in [0.25, 0.3) is 10.9 Å². The highest BCUT2D eigenvalue weighted by Crippen LogP contribution is 2.42. The lowest BCUT2D eigenvalue weighted by molar-refractivity contribution is -0.0445. The van der Waals surface area contributed by atoms with E-state index in [1.165, 1.54) is 0 Å². The molecule has 5 rings (SSSR count). The Balaban J connectivity index is 1.79. The number of rotatable bonds is 6. The highest BCUT2D eigenvalue weighted by molar-refractivity contribution is 6.08. The second kappa shape index (κ2) is 7.73. The number of pyridine rings is 1. The minimum Gasteiger partial charge on any atom is -0.497 e. The second-order valence-corrected chi connectivity index (χ2v) is 8.28. The Labute approximate surface area is 171 Å². The number of aliphatic hydroxyl groups excluding tert-OH is 1. The highest BCUT2D eigenvalue weighted by Gasteiger charge is 2.42. The molecule has 3 aliphatic heterocycles. The molecule has 3 saturated heterocycles. The van der Waals surface area contributed by atoms with Crippen LogP contribution in [-0.4, -0.2) is 47.0 Å². The minimum absolute atomic E-state index is 0.0227. The molecule has 2 bridgehead atoms. The van der Waals surface area contributed by atoms with Crippen LogP contribution in [0, 0.1) is 11.8 Å². The fraction of sp³-hybridized carbons (Fsp3) is 0.417. The van der Waals surface area contributed by atoms with Crippen molar-refractivity contribution in [3.8, 4) is 5.75 Å². The fourth-order valence-corrected chi connectivity index (χ4v) is 4.85. The minimum atomic E-state index is -0.710. The molecular formula is C24H28N2O3. The topological polar surface area (TPSA) is 62.7 Å². The van der Waals surface area contributed by atoms with E-state index in [2.05, 4.69) is 29.1 Å². The molecule has 5 atom stereocenters. The van der Waals surface area contributed by atoms with Gasteiger partial charge in [0.05, 0.1) is 18.7 Å². The molecule has 152 valence electrons. The molecule has 5 nitrogen and oxygen atoms in total. The average Bonchev–Trinajstić information content (AvgIpc) is 2.76. The van der Waals surface area contributed by atoms with Crippen molar-refractivity contribution in [3.05, 3.63) is 60.3 Å². The first-order valence-corrected chi connectivity index (χ1v) is 10.2. The predicted octanol–water partition coefficient (Wildman–Crippen LogP) is 3.93. The fourth-order valence-electron chi connectivity index (χ4n) is 4.85. The van der Waals surface area contributed by atoms with Crippen molar-refractivity contribution in [3.63, 3.8) is 0 Å². The van der Waals surface area contributed by atoms with E-state index in [4.69, 9.17) is 4.74 Å². The van der Waals surface area contributed by atoms with Crippen molar-refractivity contribution >= 4 is 16.7 Å². The number of allylic oxidation sites excluding steroid dienone is 1. The lowest BCUT2D eigenvalue weighted by atomic mass is 9.73. The third-order valence-electron chi connectivity index (χ3n) is 6.51. The second-order valence-electron chi connectivity index (χ2n) is 8.28. The molecule has 4 heterocycles. The Morgan fingerprint density at radius 2 is 2.21 bits per heavy atom. The van der Waals surface area contributed by atoms with E-state index in [-0.39, 0.29) is 11.8 Å². The Bertz CT molecular complexity index is 983. The number of fused-ring (bicyclic) bond motifs is 4. The molecule has 1 N–H and O–H groups in total. The van der Waals surface area contributed by atoms with Crippen LogP contribution in [0.2, 0.25) is 0 Å². The lowest BCUT2D eigenvalue weighted by Crippen LogP contribution is -2.54. The van der Waals surface area contributed by atoms with Crippen LogP contribution >= 0.6 is 0 Å². The summed E-state index contributed by atoms with van der Waals surface area (Å²) in [7, 11) is 1.62. The molecule has 0 aliphatic carbocycles. The van der Waals surface area contributed by atoms with Gasteiger partial charge in [0.15, 0.2) is 0 Å². The van der Waals surface area contributed by atoms with Crippen molar-refractivity contribution in [2.75, 3.05) is 20.2 Å². The smallest absolute Gasteiger partial charge is 0.206 e. The number of Topliss-reactive ketones (excluding diaryl/α,β-unsaturated/α-hetero) is 1. The molecule has 0 saturated carbocycles. The third kappa shape index (κ3) is 3.49. The van der Waals surface area contributed by atoms with Crippen molar-refractivity contribution in [2.24, 2.45) is 11.8 Å². The van der Waals surface area contributed by atoms with Gasteiger partial charge >= 0.3 is 0 Å². The van der Waals surface area contributed by atoms with Crippen LogP contribution in [0.15, 0.2) is 49.1 Å². The van der Waals surface area contributed by atoms with Crippen LogP contribution in [0.5, 0.6) is 5.75 Å². The summed E-state index contributed by atoms with van der Waals surface area (Å²) in [6, 6.07) is 7.30. The van der Waals surface area contributed by atoms with E-state index in [0.29, 0.717) is 34.4 Å². The Morgan fingerprint density at radius 3 is 2.83 bits per heavy atom. The molecule has 3 fully saturated rings. The Hall–Kier alpha value is -2.50. The summed E-state index contributed by atoms with van der Waals surface area (Å²) in [5.41, 5.74) is 2.15. The van der Waals surface area contributed by atoms with Gasteiger partial charge in [0.1, 0.15) is 11.4 Å². The number of ketones is 1. The summed E-state index contributed by atoms with van der Waals surface area (Å²) in [6.07, 6.45) is 3.41. The summed E-state index contributed by atoms with van der Waals surface area (Å²) in [5.74, 6) is 1.54. The normalized spacial score (nSPS) is 26.9. The molecule has 1 unspecified atom stereocenters. The maximum Gasteiger partial charge on any atom is 0.206 e. The van der Waals surface area contributed by atoms with Crippen LogP contribution in [0.1, 0.15) is 41.9 Å². The molecule has 0 amide bonds. The van der Waals surface area contributed by atoms with Crippen molar-refractivity contribution in [2.45, 2.75) is 31.9 Å². The molecule has 3 aliphatic rings. The molecule has 5 heteroatoms. The molecule has 1 aromatic carbocycles. The first-order valence-electron chi connectivity index (χ1n) is 10.2. The quantitative estimate of drug-likeness (QED) is 0.458. The van der Waals surface area contributed by atoms with E-state index in [1.54, 1.807) is 20.1 Å². The number of hydrogen-bond donors (Lipinski definition) is 1. The zero-order valence-electron chi connectivity index (χ0n) is 17.1. The Morgan fingerprint density at radius 1 is 1.41 bits per heavy atom. The van der Waals surface area contributed by atoms with Gasteiger partial charge in [-0.1, -0.05) is 12.7 Å². The van der Waals surface area contributed by atoms with Crippen LogP contribution in [-0.2, 0) is 0 Å². The van der Waals surface area contributed by atoms with Gasteiger partial charge in [0.2, 0.25) is 5.78 Å². The summed E-state index contributed by atoms with van der Waals surface area (Å²) >= 11 is 0. The average molecular weight is 392 g/mol. The van der Waals surface area contributed by atoms with E-state index >= 15 is 0 Å². The van der Waals surface area contributed by atoms with E-state index in [0.717, 1.165) is 36.9 Å². The molecule has 0 radical (unpaired) electrons. The van der Waals surface area contributed by atoms with Gasteiger partial charge in [-0.05, 0) is 73.5 Å². The summed E-state index contributed by atoms with van der Waals surface area (Å²) in [6.45, 7) is 11.3. The number of benzene rings is 1. The van der Waals surface area contributed by atoms with Gasteiger partial charge in [-0.15, -0.1) is 6.58 Å². The number of nitrogens with zero attached hydrogens (tertiary/aromatic N) is 2. The van der Waals surface area contributed by atoms with E-state index in [1.807, 2.05) is 18.2 Å². The van der Waals surface area contributed by atoms with Crippen LogP contribution < -0.4 is 4.74 Å². The lowest BCUT2D eigenvalue weighted by Gasteiger charge is -2.50. The molecule has 0 spiro atoms. The maximum absolute atomic E-state index is 12.6. The summed E-state index contributed by atoms with van der Waals surface area (Å²) in [5, 5.41) is 12.3. The molecule has 2 aromatic rings. The number of methoxy groups -OCH3 is 1. The first-order chi connectivity index (χ1) is 13.9. The van der Waals surface area contributed by atoms with Gasteiger partial charge in [0, 0.05) is 18.0 Å². The van der Waals surface area contributed by atoms with Gasteiger partial charge < -0.3 is 9.84 Å². The predicted molar refractivity (Wildman–Crippen MR) is 114 cm³/mol. The highest BCUT2D eigenvalue weighted by atomic mass is 16.5. The first kappa shape index (κ1) is 19.8. The summed E-state index contributed by atoms with van der Waals surface area (Å²) < 4.78 is 5.38. The van der Waals surface area contributed by atoms with Gasteiger partial charge in [0.25, 0.3) is 0 Å². The molecule has 29 heavy (non-hydrogen) atoms. The summed E-state index contributed by atoms with van der Waals surface area (Å²) in [4.78, 5) is 19.5. The van der Waals surface area contributed by atoms with Crippen molar-refractivity contribution in [1.29, 1.82) is 0 Å². The van der Waals surface area contributed by atoms with Crippen molar-refractivity contribution < 1.29 is 14.6 Å². The number of carbonyl (C=O) groups excluding carboxylic acids is 1. The largest absolute Gasteiger partial charge is 0.497 e. The zero-order valence-corrected chi connectivity index (χ0v) is 17.1. The number of aliphatic hydroxyl groups is 1. The third-order valence-corrected chi connectivity index (χ3v) is 6.51. The van der Waals surface area contributed by atoms with E-state index in [9.17, 15) is 9.90 Å². The SMILES string of the molecule is C=C[C@H]1CN2CC[C@H]1C[C@@H]2[C@@H](O)c1cc(C(=O)C(=C)C)nc2ccc(OC)cc12. The van der Waals surface area contributed by atoms with Crippen LogP contribution in [0.4, 0.5) is 0 Å². The van der Waals surface area contributed by atoms with Crippen molar-refractivity contribution in [1.82, 2.24) is 9.88 Å².